The second kappa shape index (κ2) is 9.32. The molecule has 2 aromatic carbocycles. The molecule has 1 aliphatic carbocycles. The second-order valence-electron chi connectivity index (χ2n) is 8.03. The summed E-state index contributed by atoms with van der Waals surface area (Å²) in [6.45, 7) is 0. The lowest BCUT2D eigenvalue weighted by atomic mass is 9.84. The Labute approximate surface area is 179 Å². The minimum absolute atomic E-state index is 0.286. The lowest BCUT2D eigenvalue weighted by Crippen LogP contribution is -2.18. The number of tetrazole rings is 1. The smallest absolute Gasteiger partial charge is 0.259 e. The molecule has 0 spiro atoms. The first-order chi connectivity index (χ1) is 15.0. The highest BCUT2D eigenvalue weighted by Crippen LogP contribution is 2.33. The number of nitrogens with zero attached hydrogens (tertiary/aromatic N) is 4. The average molecular weight is 425 g/mol. The number of aromatic nitrogens is 4. The molecular formula is C23H25F2N5O. The molecular weight excluding hydrogens is 400 g/mol. The highest BCUT2D eigenvalue weighted by atomic mass is 19.2. The summed E-state index contributed by atoms with van der Waals surface area (Å²) in [6, 6.07) is 10.1. The molecule has 1 saturated carbocycles. The van der Waals surface area contributed by atoms with Gasteiger partial charge in [-0.2, -0.15) is 0 Å². The summed E-state index contributed by atoms with van der Waals surface area (Å²) in [6.07, 6.45) is 6.85. The Kier molecular flexibility index (Phi) is 6.34. The number of rotatable bonds is 6. The van der Waals surface area contributed by atoms with Crippen LogP contribution in [0.4, 0.5) is 14.5 Å². The number of hydrogen-bond acceptors (Lipinski definition) is 4. The van der Waals surface area contributed by atoms with Crippen molar-refractivity contribution in [1.82, 2.24) is 20.2 Å². The number of carbonyl (C=O) groups is 1. The van der Waals surface area contributed by atoms with E-state index in [-0.39, 0.29) is 5.56 Å². The molecule has 1 amide bonds. The SMILES string of the molecule is Cn1nnnc1CCc1ccc(F)c(F)c1C(=O)Nc1ccc(C2CCCCC2)cc1. The molecule has 162 valence electrons. The second-order valence-corrected chi connectivity index (χ2v) is 8.03. The van der Waals surface area contributed by atoms with Gasteiger partial charge < -0.3 is 5.32 Å². The van der Waals surface area contributed by atoms with E-state index in [1.165, 1.54) is 48.4 Å². The molecule has 1 aromatic heterocycles. The van der Waals surface area contributed by atoms with Gasteiger partial charge in [0.2, 0.25) is 0 Å². The van der Waals surface area contributed by atoms with Gasteiger partial charge in [-0.05, 0) is 64.9 Å². The van der Waals surface area contributed by atoms with Crippen molar-refractivity contribution in [3.05, 3.63) is 70.5 Å². The zero-order chi connectivity index (χ0) is 21.8. The Bertz CT molecular complexity index is 1060. The van der Waals surface area contributed by atoms with Gasteiger partial charge in [-0.25, -0.2) is 13.5 Å². The van der Waals surface area contributed by atoms with Crippen molar-refractivity contribution in [2.24, 2.45) is 7.05 Å². The van der Waals surface area contributed by atoms with Crippen LogP contribution < -0.4 is 5.32 Å². The molecule has 0 bridgehead atoms. The highest BCUT2D eigenvalue weighted by molar-refractivity contribution is 6.05. The van der Waals surface area contributed by atoms with E-state index in [0.29, 0.717) is 35.8 Å². The summed E-state index contributed by atoms with van der Waals surface area (Å²) in [5, 5.41) is 13.9. The molecule has 0 atom stereocenters. The number of aryl methyl sites for hydroxylation is 3. The Morgan fingerprint density at radius 3 is 2.48 bits per heavy atom. The fourth-order valence-corrected chi connectivity index (χ4v) is 4.22. The lowest BCUT2D eigenvalue weighted by molar-refractivity contribution is 0.102. The first-order valence-corrected chi connectivity index (χ1v) is 10.6. The third-order valence-electron chi connectivity index (χ3n) is 5.98. The Morgan fingerprint density at radius 2 is 1.81 bits per heavy atom. The molecule has 31 heavy (non-hydrogen) atoms. The van der Waals surface area contributed by atoms with Crippen LogP contribution in [0.3, 0.4) is 0 Å². The van der Waals surface area contributed by atoms with Crippen molar-refractivity contribution in [3.63, 3.8) is 0 Å². The topological polar surface area (TPSA) is 72.7 Å². The van der Waals surface area contributed by atoms with Crippen molar-refractivity contribution in [1.29, 1.82) is 0 Å². The number of benzene rings is 2. The van der Waals surface area contributed by atoms with Crippen molar-refractivity contribution >= 4 is 11.6 Å². The largest absolute Gasteiger partial charge is 0.322 e. The molecule has 0 aliphatic heterocycles. The summed E-state index contributed by atoms with van der Waals surface area (Å²) in [5.74, 6) is -1.73. The summed E-state index contributed by atoms with van der Waals surface area (Å²) < 4.78 is 30.0. The van der Waals surface area contributed by atoms with Crippen LogP contribution in [0, 0.1) is 11.6 Å². The lowest BCUT2D eigenvalue weighted by Gasteiger charge is -2.22. The quantitative estimate of drug-likeness (QED) is 0.628. The molecule has 8 heteroatoms. The maximum absolute atomic E-state index is 14.6. The Balaban J connectivity index is 1.50. The van der Waals surface area contributed by atoms with Crippen molar-refractivity contribution in [3.8, 4) is 0 Å². The van der Waals surface area contributed by atoms with Gasteiger partial charge in [0.15, 0.2) is 17.5 Å². The van der Waals surface area contributed by atoms with E-state index in [0.717, 1.165) is 6.07 Å². The van der Waals surface area contributed by atoms with Gasteiger partial charge in [-0.1, -0.05) is 37.5 Å². The summed E-state index contributed by atoms with van der Waals surface area (Å²) >= 11 is 0. The zero-order valence-electron chi connectivity index (χ0n) is 17.4. The number of carbonyl (C=O) groups excluding carboxylic acids is 1. The molecule has 1 N–H and O–H groups in total. The standard InChI is InChI=1S/C23H25F2N5O/c1-30-20(27-28-29-30)14-10-17-9-13-19(24)22(25)21(17)23(31)26-18-11-7-16(8-12-18)15-5-3-2-4-6-15/h7-9,11-13,15H,2-6,10,14H2,1H3,(H,26,31). The molecule has 1 heterocycles. The van der Waals surface area contributed by atoms with Gasteiger partial charge in [0.05, 0.1) is 5.56 Å². The number of nitrogens with one attached hydrogen (secondary N) is 1. The van der Waals surface area contributed by atoms with Crippen molar-refractivity contribution in [2.45, 2.75) is 50.9 Å². The molecule has 0 unspecified atom stereocenters. The molecule has 4 rings (SSSR count). The number of halogens is 2. The van der Waals surface area contributed by atoms with E-state index in [2.05, 4.69) is 20.8 Å². The fraction of sp³-hybridized carbons (Fsp3) is 0.391. The first kappa shape index (κ1) is 21.1. The van der Waals surface area contributed by atoms with Gasteiger partial charge in [0, 0.05) is 19.2 Å². The summed E-state index contributed by atoms with van der Waals surface area (Å²) in [5.41, 5.74) is 1.92. The monoisotopic (exact) mass is 425 g/mol. The minimum atomic E-state index is -1.15. The normalized spacial score (nSPS) is 14.5. The number of anilines is 1. The Hall–Kier alpha value is -3.16. The molecule has 0 radical (unpaired) electrons. The van der Waals surface area contributed by atoms with Crippen molar-refractivity contribution in [2.75, 3.05) is 5.32 Å². The highest BCUT2D eigenvalue weighted by Gasteiger charge is 2.21. The predicted molar refractivity (Wildman–Crippen MR) is 113 cm³/mol. The van der Waals surface area contributed by atoms with E-state index >= 15 is 0 Å². The third-order valence-corrected chi connectivity index (χ3v) is 5.98. The fourth-order valence-electron chi connectivity index (χ4n) is 4.22. The van der Waals surface area contributed by atoms with Gasteiger partial charge in [-0.3, -0.25) is 4.79 Å². The van der Waals surface area contributed by atoms with Crippen LogP contribution in [0.1, 0.15) is 65.3 Å². The van der Waals surface area contributed by atoms with Gasteiger partial charge in [0.25, 0.3) is 5.91 Å². The van der Waals surface area contributed by atoms with E-state index < -0.39 is 17.5 Å². The zero-order valence-corrected chi connectivity index (χ0v) is 17.4. The summed E-state index contributed by atoms with van der Waals surface area (Å²) in [4.78, 5) is 12.9. The number of hydrogen-bond donors (Lipinski definition) is 1. The molecule has 0 saturated heterocycles. The molecule has 1 fully saturated rings. The first-order valence-electron chi connectivity index (χ1n) is 10.6. The Morgan fingerprint density at radius 1 is 1.06 bits per heavy atom. The van der Waals surface area contributed by atoms with Crippen LogP contribution in [-0.2, 0) is 19.9 Å². The van der Waals surface area contributed by atoms with Gasteiger partial charge in [0.1, 0.15) is 0 Å². The van der Waals surface area contributed by atoms with E-state index in [1.54, 1.807) is 7.05 Å². The van der Waals surface area contributed by atoms with Crippen LogP contribution in [0.25, 0.3) is 0 Å². The maximum Gasteiger partial charge on any atom is 0.259 e. The van der Waals surface area contributed by atoms with E-state index in [9.17, 15) is 13.6 Å². The predicted octanol–water partition coefficient (Wildman–Crippen LogP) is 4.57. The van der Waals surface area contributed by atoms with Gasteiger partial charge in [-0.15, -0.1) is 5.10 Å². The van der Waals surface area contributed by atoms with Crippen LogP contribution in [0.15, 0.2) is 36.4 Å². The summed E-state index contributed by atoms with van der Waals surface area (Å²) in [7, 11) is 1.70. The maximum atomic E-state index is 14.6. The number of amides is 1. The van der Waals surface area contributed by atoms with Crippen LogP contribution in [0.2, 0.25) is 0 Å². The molecule has 1 aliphatic rings. The molecule has 3 aromatic rings. The molecule has 6 nitrogen and oxygen atoms in total. The van der Waals surface area contributed by atoms with Crippen molar-refractivity contribution < 1.29 is 13.6 Å². The van der Waals surface area contributed by atoms with E-state index in [4.69, 9.17) is 0 Å². The third kappa shape index (κ3) is 4.78. The van der Waals surface area contributed by atoms with Gasteiger partial charge >= 0.3 is 0 Å². The van der Waals surface area contributed by atoms with Crippen LogP contribution in [-0.4, -0.2) is 26.1 Å². The van der Waals surface area contributed by atoms with Crippen LogP contribution >= 0.6 is 0 Å². The minimum Gasteiger partial charge on any atom is -0.322 e. The average Bonchev–Trinajstić information content (AvgIpc) is 3.20. The van der Waals surface area contributed by atoms with Crippen LogP contribution in [0.5, 0.6) is 0 Å². The van der Waals surface area contributed by atoms with E-state index in [1.807, 2.05) is 24.3 Å².